The molecular weight excluding hydrogens is 307 g/mol. The molecule has 0 fully saturated rings. The molecule has 0 spiro atoms. The predicted molar refractivity (Wildman–Crippen MR) is 68.0 cm³/mol. The fourth-order valence-electron chi connectivity index (χ4n) is 1.48. The van der Waals surface area contributed by atoms with E-state index in [9.17, 15) is 4.79 Å². The number of rotatable bonds is 2. The molecule has 1 N–H and O–H groups in total. The minimum Gasteiger partial charge on any atom is -0.476 e. The maximum absolute atomic E-state index is 10.8. The predicted octanol–water partition coefficient (Wildman–Crippen LogP) is 3.29. The van der Waals surface area contributed by atoms with Crippen molar-refractivity contribution in [3.63, 3.8) is 0 Å². The minimum atomic E-state index is -1.06. The molecule has 0 saturated carbocycles. The first-order valence-corrected chi connectivity index (χ1v) is 5.91. The van der Waals surface area contributed by atoms with E-state index in [0.29, 0.717) is 16.4 Å². The Balaban J connectivity index is 2.56. The second-order valence-electron chi connectivity index (χ2n) is 3.48. The number of carbonyl (C=O) groups is 1. The van der Waals surface area contributed by atoms with Crippen molar-refractivity contribution < 1.29 is 9.90 Å². The molecule has 88 valence electrons. The van der Waals surface area contributed by atoms with Crippen LogP contribution in [0.15, 0.2) is 28.7 Å². The van der Waals surface area contributed by atoms with E-state index in [-0.39, 0.29) is 5.69 Å². The van der Waals surface area contributed by atoms with Gasteiger partial charge >= 0.3 is 5.97 Å². The number of benzene rings is 1. The topological polar surface area (TPSA) is 55.1 Å². The third-order valence-electron chi connectivity index (χ3n) is 2.24. The lowest BCUT2D eigenvalue weighted by Gasteiger charge is -2.06. The van der Waals surface area contributed by atoms with Crippen LogP contribution in [0.1, 0.15) is 16.2 Å². The molecule has 0 saturated heterocycles. The van der Waals surface area contributed by atoms with E-state index in [1.165, 1.54) is 10.7 Å². The molecule has 4 nitrogen and oxygen atoms in total. The number of aromatic nitrogens is 2. The van der Waals surface area contributed by atoms with Crippen molar-refractivity contribution in [2.45, 2.75) is 6.92 Å². The average Bonchev–Trinajstić information content (AvgIpc) is 2.61. The maximum atomic E-state index is 10.8. The molecule has 6 heteroatoms. The van der Waals surface area contributed by atoms with Gasteiger partial charge in [-0.25, -0.2) is 9.48 Å². The van der Waals surface area contributed by atoms with E-state index in [0.717, 1.165) is 4.47 Å². The Morgan fingerprint density at radius 2 is 2.18 bits per heavy atom. The summed E-state index contributed by atoms with van der Waals surface area (Å²) in [5.74, 6) is -1.06. The van der Waals surface area contributed by atoms with Crippen molar-refractivity contribution in [2.75, 3.05) is 0 Å². The molecule has 1 heterocycles. The Morgan fingerprint density at radius 1 is 1.47 bits per heavy atom. The Morgan fingerprint density at radius 3 is 2.71 bits per heavy atom. The number of carboxylic acids is 1. The van der Waals surface area contributed by atoms with Gasteiger partial charge in [0.15, 0.2) is 5.69 Å². The van der Waals surface area contributed by atoms with Crippen LogP contribution < -0.4 is 0 Å². The van der Waals surface area contributed by atoms with Gasteiger partial charge in [-0.15, -0.1) is 0 Å². The first-order valence-electron chi connectivity index (χ1n) is 4.74. The molecule has 0 unspecified atom stereocenters. The second-order valence-corrected chi connectivity index (χ2v) is 4.81. The zero-order valence-electron chi connectivity index (χ0n) is 8.82. The van der Waals surface area contributed by atoms with Gasteiger partial charge in [0, 0.05) is 10.2 Å². The van der Waals surface area contributed by atoms with Crippen molar-refractivity contribution in [2.24, 2.45) is 0 Å². The van der Waals surface area contributed by atoms with Gasteiger partial charge in [-0.1, -0.05) is 27.5 Å². The first-order chi connectivity index (χ1) is 7.99. The van der Waals surface area contributed by atoms with E-state index in [2.05, 4.69) is 21.0 Å². The molecule has 0 amide bonds. The molecule has 2 rings (SSSR count). The molecule has 1 aromatic heterocycles. The highest BCUT2D eigenvalue weighted by molar-refractivity contribution is 9.10. The Bertz CT molecular complexity index is 595. The van der Waals surface area contributed by atoms with E-state index in [4.69, 9.17) is 16.7 Å². The van der Waals surface area contributed by atoms with Crippen molar-refractivity contribution in [3.8, 4) is 5.69 Å². The van der Waals surface area contributed by atoms with Gasteiger partial charge in [0.25, 0.3) is 0 Å². The molecule has 17 heavy (non-hydrogen) atoms. The summed E-state index contributed by atoms with van der Waals surface area (Å²) in [5.41, 5.74) is 1.37. The highest BCUT2D eigenvalue weighted by Crippen LogP contribution is 2.25. The van der Waals surface area contributed by atoms with Gasteiger partial charge < -0.3 is 5.11 Å². The highest BCUT2D eigenvalue weighted by atomic mass is 79.9. The van der Waals surface area contributed by atoms with Gasteiger partial charge in [-0.2, -0.15) is 5.10 Å². The summed E-state index contributed by atoms with van der Waals surface area (Å²) < 4.78 is 2.37. The van der Waals surface area contributed by atoms with E-state index in [1.54, 1.807) is 19.1 Å². The van der Waals surface area contributed by atoms with Crippen LogP contribution in [-0.2, 0) is 0 Å². The number of hydrogen-bond donors (Lipinski definition) is 1. The van der Waals surface area contributed by atoms with Crippen LogP contribution in [0.2, 0.25) is 5.02 Å². The number of hydrogen-bond acceptors (Lipinski definition) is 2. The summed E-state index contributed by atoms with van der Waals surface area (Å²) in [7, 11) is 0. The summed E-state index contributed by atoms with van der Waals surface area (Å²) in [6.07, 6.45) is 0. The first kappa shape index (κ1) is 12.1. The monoisotopic (exact) mass is 314 g/mol. The van der Waals surface area contributed by atoms with Crippen LogP contribution in [0.3, 0.4) is 0 Å². The van der Waals surface area contributed by atoms with Crippen LogP contribution >= 0.6 is 27.5 Å². The Kier molecular flexibility index (Phi) is 3.22. The molecular formula is C11H8BrClN2O2. The van der Waals surface area contributed by atoms with E-state index in [1.807, 2.05) is 6.07 Å². The largest absolute Gasteiger partial charge is 0.476 e. The molecule has 0 aliphatic rings. The van der Waals surface area contributed by atoms with Gasteiger partial charge in [-0.3, -0.25) is 0 Å². The summed E-state index contributed by atoms with van der Waals surface area (Å²) in [6.45, 7) is 1.78. The number of aryl methyl sites for hydroxylation is 1. The van der Waals surface area contributed by atoms with Gasteiger partial charge in [-0.05, 0) is 31.2 Å². The summed E-state index contributed by atoms with van der Waals surface area (Å²) >= 11 is 9.39. The SMILES string of the molecule is Cc1cc(C(=O)O)nn1-c1ccc(Br)cc1Cl. The minimum absolute atomic E-state index is 0.00138. The van der Waals surface area contributed by atoms with Gasteiger partial charge in [0.05, 0.1) is 10.7 Å². The fourth-order valence-corrected chi connectivity index (χ4v) is 2.23. The maximum Gasteiger partial charge on any atom is 0.356 e. The van der Waals surface area contributed by atoms with Crippen LogP contribution in [0, 0.1) is 6.92 Å². The van der Waals surface area contributed by atoms with E-state index >= 15 is 0 Å². The smallest absolute Gasteiger partial charge is 0.356 e. The normalized spacial score (nSPS) is 10.5. The molecule has 2 aromatic rings. The zero-order chi connectivity index (χ0) is 12.6. The molecule has 0 radical (unpaired) electrons. The fraction of sp³-hybridized carbons (Fsp3) is 0.0909. The van der Waals surface area contributed by atoms with Crippen molar-refractivity contribution in [3.05, 3.63) is 45.1 Å². The van der Waals surface area contributed by atoms with Crippen molar-refractivity contribution >= 4 is 33.5 Å². The van der Waals surface area contributed by atoms with Crippen LogP contribution in [0.5, 0.6) is 0 Å². The summed E-state index contributed by atoms with van der Waals surface area (Å²) in [4.78, 5) is 10.8. The lowest BCUT2D eigenvalue weighted by atomic mass is 10.3. The lowest BCUT2D eigenvalue weighted by Crippen LogP contribution is -2.02. The zero-order valence-corrected chi connectivity index (χ0v) is 11.2. The third kappa shape index (κ3) is 2.35. The molecule has 0 aliphatic heterocycles. The molecule has 0 atom stereocenters. The molecule has 0 aliphatic carbocycles. The standard InChI is InChI=1S/C11H8BrClN2O2/c1-6-4-9(11(16)17)14-15(6)10-3-2-7(12)5-8(10)13/h2-5H,1H3,(H,16,17). The third-order valence-corrected chi connectivity index (χ3v) is 3.04. The van der Waals surface area contributed by atoms with Crippen LogP contribution in [0.4, 0.5) is 0 Å². The summed E-state index contributed by atoms with van der Waals surface area (Å²) in [6, 6.07) is 6.83. The summed E-state index contributed by atoms with van der Waals surface area (Å²) in [5, 5.41) is 13.4. The second kappa shape index (κ2) is 4.50. The van der Waals surface area contributed by atoms with Gasteiger partial charge in [0.1, 0.15) is 0 Å². The average molecular weight is 316 g/mol. The number of aromatic carboxylic acids is 1. The van der Waals surface area contributed by atoms with Gasteiger partial charge in [0.2, 0.25) is 0 Å². The van der Waals surface area contributed by atoms with Crippen molar-refractivity contribution in [1.29, 1.82) is 0 Å². The molecule has 0 bridgehead atoms. The Labute approximate surface area is 111 Å². The number of carboxylic acid groups (broad SMARTS) is 1. The quantitative estimate of drug-likeness (QED) is 0.925. The highest BCUT2D eigenvalue weighted by Gasteiger charge is 2.13. The number of nitrogens with zero attached hydrogens (tertiary/aromatic N) is 2. The Hall–Kier alpha value is -1.33. The van der Waals surface area contributed by atoms with Crippen molar-refractivity contribution in [1.82, 2.24) is 9.78 Å². The van der Waals surface area contributed by atoms with E-state index < -0.39 is 5.97 Å². The lowest BCUT2D eigenvalue weighted by molar-refractivity contribution is 0.0690. The van der Waals surface area contributed by atoms with Crippen LogP contribution in [0.25, 0.3) is 5.69 Å². The number of halogens is 2. The molecule has 1 aromatic carbocycles. The van der Waals surface area contributed by atoms with Crippen LogP contribution in [-0.4, -0.2) is 20.9 Å².